The number of benzene rings is 2. The molecule has 9 nitrogen and oxygen atoms in total. The number of amides is 1. The molecular formula is C23H19F3N4O5. The minimum atomic E-state index is -4.79. The number of aromatic nitrogens is 2. The summed E-state index contributed by atoms with van der Waals surface area (Å²) in [6, 6.07) is 11.0. The zero-order chi connectivity index (χ0) is 25.8. The van der Waals surface area contributed by atoms with Crippen LogP contribution < -0.4 is 5.32 Å². The van der Waals surface area contributed by atoms with E-state index in [-0.39, 0.29) is 0 Å². The van der Waals surface area contributed by atoms with E-state index in [1.807, 2.05) is 37.3 Å². The third kappa shape index (κ3) is 6.10. The highest BCUT2D eigenvalue weighted by molar-refractivity contribution is 5.96. The number of esters is 1. The first-order chi connectivity index (χ1) is 16.5. The lowest BCUT2D eigenvalue weighted by atomic mass is 10.1. The van der Waals surface area contributed by atoms with Crippen molar-refractivity contribution in [3.63, 3.8) is 0 Å². The number of carbonyl (C=O) groups excluding carboxylic acids is 2. The molecule has 2 aromatic carbocycles. The topological polar surface area (TPSA) is 116 Å². The Labute approximate surface area is 197 Å². The Hall–Kier alpha value is -4.48. The van der Waals surface area contributed by atoms with Crippen LogP contribution in [0.4, 0.5) is 24.5 Å². The number of hydrogen-bond acceptors (Lipinski definition) is 6. The first kappa shape index (κ1) is 25.1. The molecule has 0 aliphatic rings. The van der Waals surface area contributed by atoms with Crippen LogP contribution in [-0.4, -0.2) is 33.2 Å². The number of para-hydroxylation sites is 1. The lowest BCUT2D eigenvalue weighted by Gasteiger charge is -2.10. The largest absolute Gasteiger partial charge is 0.452 e. The Morgan fingerprint density at radius 3 is 2.49 bits per heavy atom. The molecule has 35 heavy (non-hydrogen) atoms. The van der Waals surface area contributed by atoms with Crippen molar-refractivity contribution < 1.29 is 32.4 Å². The maximum absolute atomic E-state index is 12.8. The second kappa shape index (κ2) is 10.2. The molecule has 0 saturated carbocycles. The Balaban J connectivity index is 1.63. The maximum atomic E-state index is 12.8. The van der Waals surface area contributed by atoms with Crippen LogP contribution in [0.15, 0.2) is 54.6 Å². The van der Waals surface area contributed by atoms with Crippen LogP contribution in [0.3, 0.4) is 0 Å². The van der Waals surface area contributed by atoms with Crippen LogP contribution in [0, 0.1) is 24.0 Å². The minimum Gasteiger partial charge on any atom is -0.452 e. The molecule has 0 atom stereocenters. The molecular weight excluding hydrogens is 469 g/mol. The van der Waals surface area contributed by atoms with E-state index in [0.717, 1.165) is 23.5 Å². The number of nitrogens with zero attached hydrogens (tertiary/aromatic N) is 3. The van der Waals surface area contributed by atoms with Gasteiger partial charge in [-0.25, -0.2) is 9.48 Å². The molecule has 1 heterocycles. The number of halogens is 3. The predicted octanol–water partition coefficient (Wildman–Crippen LogP) is 4.61. The SMILES string of the molecule is Cc1nn(-c2ccccc2)c(C)c1/C=C/C(=O)OCC(=O)Nc1ccc(C(F)(F)F)cc1[N+](=O)[O-]. The minimum absolute atomic E-state index is 0.310. The van der Waals surface area contributed by atoms with Gasteiger partial charge in [0.2, 0.25) is 0 Å². The molecule has 0 saturated heterocycles. The molecule has 0 bridgehead atoms. The van der Waals surface area contributed by atoms with Gasteiger partial charge >= 0.3 is 12.1 Å². The van der Waals surface area contributed by atoms with Crippen LogP contribution >= 0.6 is 0 Å². The van der Waals surface area contributed by atoms with Gasteiger partial charge in [0.05, 0.1) is 21.9 Å². The summed E-state index contributed by atoms with van der Waals surface area (Å²) in [6.45, 7) is 2.78. The highest BCUT2D eigenvalue weighted by atomic mass is 19.4. The zero-order valence-electron chi connectivity index (χ0n) is 18.5. The van der Waals surface area contributed by atoms with Gasteiger partial charge in [-0.1, -0.05) is 18.2 Å². The summed E-state index contributed by atoms with van der Waals surface area (Å²) in [5.74, 6) is -1.83. The van der Waals surface area contributed by atoms with Crippen LogP contribution in [0.2, 0.25) is 0 Å². The lowest BCUT2D eigenvalue weighted by Crippen LogP contribution is -2.21. The summed E-state index contributed by atoms with van der Waals surface area (Å²) in [5, 5.41) is 17.6. The first-order valence-corrected chi connectivity index (χ1v) is 10.1. The molecule has 0 aliphatic carbocycles. The quantitative estimate of drug-likeness (QED) is 0.225. The van der Waals surface area contributed by atoms with Crippen molar-refractivity contribution in [2.45, 2.75) is 20.0 Å². The average Bonchev–Trinajstić information content (AvgIpc) is 3.09. The molecule has 182 valence electrons. The van der Waals surface area contributed by atoms with Gasteiger partial charge in [0, 0.05) is 23.4 Å². The fraction of sp³-hybridized carbons (Fsp3) is 0.174. The van der Waals surface area contributed by atoms with E-state index < -0.39 is 46.5 Å². The Morgan fingerprint density at radius 1 is 1.17 bits per heavy atom. The van der Waals surface area contributed by atoms with E-state index in [9.17, 15) is 32.9 Å². The van der Waals surface area contributed by atoms with E-state index >= 15 is 0 Å². The number of alkyl halides is 3. The Morgan fingerprint density at radius 2 is 1.86 bits per heavy atom. The number of anilines is 1. The van der Waals surface area contributed by atoms with E-state index in [4.69, 9.17) is 4.74 Å². The molecule has 0 aliphatic heterocycles. The number of aryl methyl sites for hydroxylation is 1. The van der Waals surface area contributed by atoms with Crippen molar-refractivity contribution in [3.8, 4) is 5.69 Å². The summed E-state index contributed by atoms with van der Waals surface area (Å²) in [5.41, 5.74) is 0.299. The molecule has 3 rings (SSSR count). The highest BCUT2D eigenvalue weighted by Crippen LogP contribution is 2.34. The van der Waals surface area contributed by atoms with Gasteiger partial charge in [-0.05, 0) is 44.2 Å². The van der Waals surface area contributed by atoms with Crippen LogP contribution in [0.5, 0.6) is 0 Å². The molecule has 1 aromatic heterocycles. The Bertz CT molecular complexity index is 1300. The number of carbonyl (C=O) groups is 2. The molecule has 1 amide bonds. The number of nitro groups is 1. The van der Waals surface area contributed by atoms with Crippen molar-refractivity contribution in [1.29, 1.82) is 0 Å². The monoisotopic (exact) mass is 488 g/mol. The van der Waals surface area contributed by atoms with Gasteiger partial charge < -0.3 is 10.1 Å². The third-order valence-corrected chi connectivity index (χ3v) is 4.88. The first-order valence-electron chi connectivity index (χ1n) is 10.1. The van der Waals surface area contributed by atoms with Gasteiger partial charge in [-0.2, -0.15) is 18.3 Å². The van der Waals surface area contributed by atoms with Gasteiger partial charge in [0.25, 0.3) is 11.6 Å². The van der Waals surface area contributed by atoms with Crippen molar-refractivity contribution in [2.75, 3.05) is 11.9 Å². The van der Waals surface area contributed by atoms with E-state index in [1.54, 1.807) is 11.6 Å². The Kier molecular flexibility index (Phi) is 7.33. The standard InChI is InChI=1S/C23H19F3N4O5/c1-14-18(15(2)29(28-14)17-6-4-3-5-7-17)9-11-22(32)35-13-21(31)27-19-10-8-16(23(24,25)26)12-20(19)30(33)34/h3-12H,13H2,1-2H3,(H,27,31)/b11-9+. The molecule has 3 aromatic rings. The van der Waals surface area contributed by atoms with Gasteiger partial charge in [0.1, 0.15) is 5.69 Å². The number of nitrogens with one attached hydrogen (secondary N) is 1. The van der Waals surface area contributed by atoms with Crippen molar-refractivity contribution in [1.82, 2.24) is 9.78 Å². The smallest absolute Gasteiger partial charge is 0.416 e. The lowest BCUT2D eigenvalue weighted by molar-refractivity contribution is -0.384. The van der Waals surface area contributed by atoms with Crippen molar-refractivity contribution in [2.24, 2.45) is 0 Å². The van der Waals surface area contributed by atoms with Gasteiger partial charge in [0.15, 0.2) is 6.61 Å². The average molecular weight is 488 g/mol. The van der Waals surface area contributed by atoms with E-state index in [0.29, 0.717) is 23.4 Å². The second-order valence-electron chi connectivity index (χ2n) is 7.31. The maximum Gasteiger partial charge on any atom is 0.416 e. The molecule has 0 fully saturated rings. The van der Waals surface area contributed by atoms with Gasteiger partial charge in [-0.15, -0.1) is 0 Å². The van der Waals surface area contributed by atoms with Crippen molar-refractivity contribution >= 4 is 29.3 Å². The summed E-state index contributed by atoms with van der Waals surface area (Å²) in [6.07, 6.45) is -2.21. The fourth-order valence-corrected chi connectivity index (χ4v) is 3.20. The molecule has 0 radical (unpaired) electrons. The predicted molar refractivity (Wildman–Crippen MR) is 120 cm³/mol. The third-order valence-electron chi connectivity index (χ3n) is 4.88. The normalized spacial score (nSPS) is 11.5. The fourth-order valence-electron chi connectivity index (χ4n) is 3.20. The van der Waals surface area contributed by atoms with E-state index in [1.165, 1.54) is 6.08 Å². The highest BCUT2D eigenvalue weighted by Gasteiger charge is 2.33. The number of rotatable bonds is 7. The molecule has 1 N–H and O–H groups in total. The van der Waals surface area contributed by atoms with E-state index in [2.05, 4.69) is 10.4 Å². The summed E-state index contributed by atoms with van der Waals surface area (Å²) in [7, 11) is 0. The molecule has 0 spiro atoms. The summed E-state index contributed by atoms with van der Waals surface area (Å²) in [4.78, 5) is 34.1. The molecule has 12 heteroatoms. The van der Waals surface area contributed by atoms with Crippen LogP contribution in [0.1, 0.15) is 22.5 Å². The van der Waals surface area contributed by atoms with Crippen LogP contribution in [0.25, 0.3) is 11.8 Å². The second-order valence-corrected chi connectivity index (χ2v) is 7.31. The van der Waals surface area contributed by atoms with Gasteiger partial charge in [-0.3, -0.25) is 14.9 Å². The summed E-state index contributed by atoms with van der Waals surface area (Å²) < 4.78 is 44.9. The number of nitro benzene ring substituents is 1. The molecule has 0 unspecified atom stereocenters. The summed E-state index contributed by atoms with van der Waals surface area (Å²) >= 11 is 0. The number of hydrogen-bond donors (Lipinski definition) is 1. The zero-order valence-corrected chi connectivity index (χ0v) is 18.5. The van der Waals surface area contributed by atoms with Crippen LogP contribution in [-0.2, 0) is 20.5 Å². The van der Waals surface area contributed by atoms with Crippen molar-refractivity contribution in [3.05, 3.63) is 87.2 Å². The number of ether oxygens (including phenoxy) is 1.